The maximum Gasteiger partial charge on any atom is 0.244 e. The monoisotopic (exact) mass is 503 g/mol. The first-order valence-electron chi connectivity index (χ1n) is 11.8. The second kappa shape index (κ2) is 11.9. The van der Waals surface area contributed by atoms with Crippen LogP contribution >= 0.6 is 0 Å². The van der Waals surface area contributed by atoms with Gasteiger partial charge in [-0.25, -0.2) is 8.42 Å². The van der Waals surface area contributed by atoms with Crippen LogP contribution in [0.2, 0.25) is 0 Å². The van der Waals surface area contributed by atoms with Gasteiger partial charge in [-0.3, -0.25) is 13.9 Å². The first kappa shape index (κ1) is 26.3. The molecular formula is C25H33N3O6S. The zero-order valence-corrected chi connectivity index (χ0v) is 21.2. The summed E-state index contributed by atoms with van der Waals surface area (Å²) < 4.78 is 38.4. The molecule has 35 heavy (non-hydrogen) atoms. The highest BCUT2D eigenvalue weighted by molar-refractivity contribution is 7.92. The van der Waals surface area contributed by atoms with Crippen molar-refractivity contribution in [2.24, 2.45) is 0 Å². The second-order valence-electron chi connectivity index (χ2n) is 8.06. The van der Waals surface area contributed by atoms with Crippen LogP contribution in [0.3, 0.4) is 0 Å². The van der Waals surface area contributed by atoms with Gasteiger partial charge in [0.2, 0.25) is 21.8 Å². The Bertz CT molecular complexity index is 1120. The van der Waals surface area contributed by atoms with Crippen molar-refractivity contribution in [3.8, 4) is 11.5 Å². The molecule has 0 bridgehead atoms. The molecule has 0 aliphatic carbocycles. The number of hydrogen-bond donors (Lipinski definition) is 1. The Balaban J connectivity index is 1.96. The van der Waals surface area contributed by atoms with E-state index in [0.717, 1.165) is 9.87 Å². The van der Waals surface area contributed by atoms with Gasteiger partial charge in [-0.05, 0) is 38.0 Å². The number of anilines is 1. The second-order valence-corrected chi connectivity index (χ2v) is 10.2. The molecule has 0 spiro atoms. The molecule has 2 amide bonds. The molecule has 190 valence electrons. The quantitative estimate of drug-likeness (QED) is 0.505. The van der Waals surface area contributed by atoms with E-state index in [4.69, 9.17) is 9.47 Å². The zero-order valence-electron chi connectivity index (χ0n) is 20.4. The molecule has 0 fully saturated rings. The molecule has 1 heterocycles. The fraction of sp³-hybridized carbons (Fsp3) is 0.440. The molecule has 9 nitrogen and oxygen atoms in total. The average molecular weight is 504 g/mol. The minimum atomic E-state index is -3.82. The number of sulfonamides is 1. The van der Waals surface area contributed by atoms with E-state index < -0.39 is 28.5 Å². The standard InChI is InChI=1S/C25H33N3O6S/c1-4-21(25(30)26-5-2)27(17-19-10-8-7-9-11-19)24(29)18-28(35(31,32)6-3)20-12-13-22-23(16-20)34-15-14-33-22/h7-13,16,21H,4-6,14-15,17-18H2,1-3H3,(H,26,30)/t21-/m1/s1. The molecule has 10 heteroatoms. The summed E-state index contributed by atoms with van der Waals surface area (Å²) in [6.07, 6.45) is 0.384. The van der Waals surface area contributed by atoms with Crippen molar-refractivity contribution in [1.29, 1.82) is 0 Å². The third-order valence-corrected chi connectivity index (χ3v) is 7.47. The SMILES string of the molecule is CCNC(=O)[C@@H](CC)N(Cc1ccccc1)C(=O)CN(c1ccc2c(c1)OCCO2)S(=O)(=O)CC. The molecule has 0 aromatic heterocycles. The summed E-state index contributed by atoms with van der Waals surface area (Å²) in [5.41, 5.74) is 1.14. The van der Waals surface area contributed by atoms with Crippen molar-refractivity contribution in [2.75, 3.05) is 36.4 Å². The zero-order chi connectivity index (χ0) is 25.4. The first-order chi connectivity index (χ1) is 16.8. The maximum atomic E-state index is 13.7. The number of hydrogen-bond acceptors (Lipinski definition) is 6. The van der Waals surface area contributed by atoms with E-state index >= 15 is 0 Å². The van der Waals surface area contributed by atoms with Crippen LogP contribution in [0, 0.1) is 0 Å². The summed E-state index contributed by atoms with van der Waals surface area (Å²) in [7, 11) is -3.82. The summed E-state index contributed by atoms with van der Waals surface area (Å²) in [6, 6.07) is 13.4. The molecule has 0 radical (unpaired) electrons. The Kier molecular flexibility index (Phi) is 8.97. The van der Waals surface area contributed by atoms with E-state index in [1.165, 1.54) is 11.8 Å². The minimum absolute atomic E-state index is 0.177. The van der Waals surface area contributed by atoms with Gasteiger partial charge in [-0.15, -0.1) is 0 Å². The Morgan fingerprint density at radius 2 is 1.69 bits per heavy atom. The van der Waals surface area contributed by atoms with Gasteiger partial charge in [0.25, 0.3) is 0 Å². The lowest BCUT2D eigenvalue weighted by Gasteiger charge is -2.33. The lowest BCUT2D eigenvalue weighted by atomic mass is 10.1. The van der Waals surface area contributed by atoms with Crippen LogP contribution in [0.4, 0.5) is 5.69 Å². The Labute approximate surface area is 207 Å². The number of nitrogens with zero attached hydrogens (tertiary/aromatic N) is 2. The fourth-order valence-electron chi connectivity index (χ4n) is 3.90. The number of nitrogens with one attached hydrogen (secondary N) is 1. The van der Waals surface area contributed by atoms with Crippen LogP contribution in [-0.2, 0) is 26.2 Å². The first-order valence-corrected chi connectivity index (χ1v) is 13.4. The van der Waals surface area contributed by atoms with E-state index in [0.29, 0.717) is 43.4 Å². The average Bonchev–Trinajstić information content (AvgIpc) is 2.87. The van der Waals surface area contributed by atoms with E-state index in [1.807, 2.05) is 44.2 Å². The molecule has 0 saturated heterocycles. The third kappa shape index (κ3) is 6.45. The van der Waals surface area contributed by atoms with Gasteiger partial charge in [-0.2, -0.15) is 0 Å². The van der Waals surface area contributed by atoms with E-state index in [2.05, 4.69) is 5.32 Å². The van der Waals surface area contributed by atoms with Gasteiger partial charge in [0.1, 0.15) is 25.8 Å². The number of benzene rings is 2. The summed E-state index contributed by atoms with van der Waals surface area (Å²) in [5, 5.41) is 2.78. The minimum Gasteiger partial charge on any atom is -0.486 e. The van der Waals surface area contributed by atoms with E-state index in [1.54, 1.807) is 18.2 Å². The third-order valence-electron chi connectivity index (χ3n) is 5.73. The van der Waals surface area contributed by atoms with Crippen molar-refractivity contribution in [1.82, 2.24) is 10.2 Å². The van der Waals surface area contributed by atoms with Crippen LogP contribution < -0.4 is 19.1 Å². The molecule has 1 N–H and O–H groups in total. The van der Waals surface area contributed by atoms with E-state index in [-0.39, 0.29) is 18.2 Å². The number of rotatable bonds is 11. The summed E-state index contributed by atoms with van der Waals surface area (Å²) in [6.45, 7) is 6.08. The molecule has 0 saturated carbocycles. The lowest BCUT2D eigenvalue weighted by molar-refractivity contribution is -0.140. The molecular weight excluding hydrogens is 470 g/mol. The molecule has 1 aliphatic rings. The number of fused-ring (bicyclic) bond motifs is 1. The van der Waals surface area contributed by atoms with Crippen LogP contribution in [0.1, 0.15) is 32.8 Å². The number of ether oxygens (including phenoxy) is 2. The normalized spacial score (nSPS) is 13.6. The van der Waals surface area contributed by atoms with Gasteiger partial charge in [0.05, 0.1) is 11.4 Å². The molecule has 1 atom stereocenters. The smallest absolute Gasteiger partial charge is 0.244 e. The highest BCUT2D eigenvalue weighted by Gasteiger charge is 2.32. The highest BCUT2D eigenvalue weighted by Crippen LogP contribution is 2.35. The van der Waals surface area contributed by atoms with Crippen LogP contribution in [-0.4, -0.2) is 63.2 Å². The van der Waals surface area contributed by atoms with E-state index in [9.17, 15) is 18.0 Å². The highest BCUT2D eigenvalue weighted by atomic mass is 32.2. The maximum absolute atomic E-state index is 13.7. The molecule has 2 aromatic rings. The summed E-state index contributed by atoms with van der Waals surface area (Å²) >= 11 is 0. The van der Waals surface area contributed by atoms with Crippen molar-refractivity contribution >= 4 is 27.5 Å². The topological polar surface area (TPSA) is 105 Å². The van der Waals surface area contributed by atoms with Gasteiger partial charge in [0, 0.05) is 19.2 Å². The summed E-state index contributed by atoms with van der Waals surface area (Å²) in [5.74, 6) is 0.00365. The molecule has 1 aliphatic heterocycles. The Morgan fingerprint density at radius 3 is 2.31 bits per heavy atom. The number of likely N-dealkylation sites (N-methyl/N-ethyl adjacent to an activating group) is 1. The number of amides is 2. The Hall–Kier alpha value is -3.27. The van der Waals surface area contributed by atoms with Crippen molar-refractivity contribution < 1.29 is 27.5 Å². The lowest BCUT2D eigenvalue weighted by Crippen LogP contribution is -2.52. The van der Waals surface area contributed by atoms with Crippen LogP contribution in [0.15, 0.2) is 48.5 Å². The van der Waals surface area contributed by atoms with Gasteiger partial charge in [-0.1, -0.05) is 37.3 Å². The van der Waals surface area contributed by atoms with Crippen molar-refractivity contribution in [3.63, 3.8) is 0 Å². The Morgan fingerprint density at radius 1 is 1.00 bits per heavy atom. The fourth-order valence-corrected chi connectivity index (χ4v) is 4.95. The van der Waals surface area contributed by atoms with Gasteiger partial charge >= 0.3 is 0 Å². The predicted octanol–water partition coefficient (Wildman–Crippen LogP) is 2.56. The predicted molar refractivity (Wildman–Crippen MR) is 134 cm³/mol. The largest absolute Gasteiger partial charge is 0.486 e. The molecule has 0 unspecified atom stereocenters. The molecule has 3 rings (SSSR count). The van der Waals surface area contributed by atoms with Crippen molar-refractivity contribution in [3.05, 3.63) is 54.1 Å². The molecule has 2 aromatic carbocycles. The van der Waals surface area contributed by atoms with Crippen LogP contribution in [0.5, 0.6) is 11.5 Å². The van der Waals surface area contributed by atoms with Gasteiger partial charge in [0.15, 0.2) is 11.5 Å². The number of carbonyl (C=O) groups is 2. The summed E-state index contributed by atoms with van der Waals surface area (Å²) in [4.78, 5) is 27.9. The van der Waals surface area contributed by atoms with Crippen LogP contribution in [0.25, 0.3) is 0 Å². The van der Waals surface area contributed by atoms with Gasteiger partial charge < -0.3 is 19.7 Å². The number of carbonyl (C=O) groups excluding carboxylic acids is 2. The van der Waals surface area contributed by atoms with Crippen molar-refractivity contribution in [2.45, 2.75) is 39.8 Å².